The third-order valence-corrected chi connectivity index (χ3v) is 2.19. The molecule has 1 amide bonds. The number of benzene rings is 1. The van der Waals surface area contributed by atoms with Crippen LogP contribution in [0.25, 0.3) is 0 Å². The molecule has 1 rings (SSSR count). The van der Waals surface area contributed by atoms with E-state index in [2.05, 4.69) is 5.32 Å². The summed E-state index contributed by atoms with van der Waals surface area (Å²) in [5.74, 6) is -0.373. The first-order chi connectivity index (χ1) is 8.58. The van der Waals surface area contributed by atoms with Gasteiger partial charge in [-0.05, 0) is 25.1 Å². The lowest BCUT2D eigenvalue weighted by atomic mass is 10.2. The van der Waals surface area contributed by atoms with Crippen LogP contribution in [0.2, 0.25) is 0 Å². The van der Waals surface area contributed by atoms with E-state index >= 15 is 0 Å². The summed E-state index contributed by atoms with van der Waals surface area (Å²) in [5.41, 5.74) is 6.40. The van der Waals surface area contributed by atoms with Gasteiger partial charge in [-0.15, -0.1) is 0 Å². The Hall–Kier alpha value is -2.24. The molecule has 1 aromatic rings. The normalized spacial score (nSPS) is 9.67. The number of hydrogen-bond acceptors (Lipinski definition) is 5. The maximum Gasteiger partial charge on any atom is 0.325 e. The highest BCUT2D eigenvalue weighted by Gasteiger charge is 2.10. The molecule has 3 N–H and O–H groups in total. The SMILES string of the molecule is CCOC(=O)CNC(=O)c1ccc(OC)c(N)c1. The van der Waals surface area contributed by atoms with Gasteiger partial charge in [-0.1, -0.05) is 0 Å². The van der Waals surface area contributed by atoms with Crippen molar-refractivity contribution >= 4 is 17.6 Å². The minimum absolute atomic E-state index is 0.168. The van der Waals surface area contributed by atoms with Crippen LogP contribution in [-0.2, 0) is 9.53 Å². The molecule has 0 unspecified atom stereocenters. The van der Waals surface area contributed by atoms with E-state index in [9.17, 15) is 9.59 Å². The zero-order valence-electron chi connectivity index (χ0n) is 10.4. The third-order valence-electron chi connectivity index (χ3n) is 2.19. The van der Waals surface area contributed by atoms with Gasteiger partial charge in [-0.25, -0.2) is 0 Å². The quantitative estimate of drug-likeness (QED) is 0.590. The Bertz CT molecular complexity index is 446. The van der Waals surface area contributed by atoms with E-state index in [-0.39, 0.29) is 13.2 Å². The van der Waals surface area contributed by atoms with Crippen molar-refractivity contribution < 1.29 is 19.1 Å². The maximum atomic E-state index is 11.7. The predicted molar refractivity (Wildman–Crippen MR) is 66.4 cm³/mol. The molecule has 6 heteroatoms. The lowest BCUT2D eigenvalue weighted by molar-refractivity contribution is -0.141. The second-order valence-electron chi connectivity index (χ2n) is 3.44. The number of nitrogen functional groups attached to an aromatic ring is 1. The van der Waals surface area contributed by atoms with Gasteiger partial charge < -0.3 is 20.5 Å². The zero-order valence-corrected chi connectivity index (χ0v) is 10.4. The summed E-state index contributed by atoms with van der Waals surface area (Å²) in [7, 11) is 1.49. The first-order valence-corrected chi connectivity index (χ1v) is 5.45. The predicted octanol–water partition coefficient (Wildman–Crippen LogP) is 0.570. The van der Waals surface area contributed by atoms with Crippen molar-refractivity contribution in [1.82, 2.24) is 5.32 Å². The first-order valence-electron chi connectivity index (χ1n) is 5.45. The second-order valence-corrected chi connectivity index (χ2v) is 3.44. The van der Waals surface area contributed by atoms with Crippen LogP contribution < -0.4 is 15.8 Å². The molecule has 0 heterocycles. The van der Waals surface area contributed by atoms with Crippen molar-refractivity contribution in [2.24, 2.45) is 0 Å². The summed E-state index contributed by atoms with van der Waals surface area (Å²) in [6, 6.07) is 4.64. The summed E-state index contributed by atoms with van der Waals surface area (Å²) in [6.07, 6.45) is 0. The van der Waals surface area contributed by atoms with Gasteiger partial charge in [0.15, 0.2) is 0 Å². The van der Waals surface area contributed by atoms with Crippen LogP contribution in [0.4, 0.5) is 5.69 Å². The molecule has 0 fully saturated rings. The largest absolute Gasteiger partial charge is 0.495 e. The van der Waals surface area contributed by atoms with E-state index in [1.165, 1.54) is 13.2 Å². The van der Waals surface area contributed by atoms with E-state index in [0.29, 0.717) is 17.0 Å². The molecule has 0 aliphatic rings. The Morgan fingerprint density at radius 2 is 2.11 bits per heavy atom. The number of hydrogen-bond donors (Lipinski definition) is 2. The highest BCUT2D eigenvalue weighted by Crippen LogP contribution is 2.21. The Balaban J connectivity index is 2.62. The Labute approximate surface area is 105 Å². The standard InChI is InChI=1S/C12H16N2O4/c1-3-18-11(15)7-14-12(16)8-4-5-10(17-2)9(13)6-8/h4-6H,3,7,13H2,1-2H3,(H,14,16). The van der Waals surface area contributed by atoms with Crippen molar-refractivity contribution in [3.63, 3.8) is 0 Å². The van der Waals surface area contributed by atoms with Gasteiger partial charge in [0.25, 0.3) is 5.91 Å². The monoisotopic (exact) mass is 252 g/mol. The fraction of sp³-hybridized carbons (Fsp3) is 0.333. The van der Waals surface area contributed by atoms with Crippen LogP contribution in [0.5, 0.6) is 5.75 Å². The Morgan fingerprint density at radius 1 is 1.39 bits per heavy atom. The van der Waals surface area contributed by atoms with E-state index in [1.807, 2.05) is 0 Å². The summed E-state index contributed by atoms with van der Waals surface area (Å²) in [4.78, 5) is 22.8. The van der Waals surface area contributed by atoms with Crippen LogP contribution in [0, 0.1) is 0 Å². The molecule has 0 radical (unpaired) electrons. The smallest absolute Gasteiger partial charge is 0.325 e. The van der Waals surface area contributed by atoms with Gasteiger partial charge in [0, 0.05) is 5.56 Å². The number of anilines is 1. The van der Waals surface area contributed by atoms with Crippen LogP contribution in [0.15, 0.2) is 18.2 Å². The molecular formula is C12H16N2O4. The molecule has 0 spiro atoms. The Morgan fingerprint density at radius 3 is 2.67 bits per heavy atom. The summed E-state index contributed by atoms with van der Waals surface area (Å²) >= 11 is 0. The van der Waals surface area contributed by atoms with E-state index in [4.69, 9.17) is 15.2 Å². The van der Waals surface area contributed by atoms with Gasteiger partial charge >= 0.3 is 5.97 Å². The van der Waals surface area contributed by atoms with Crippen molar-refractivity contribution in [3.05, 3.63) is 23.8 Å². The second kappa shape index (κ2) is 6.48. The van der Waals surface area contributed by atoms with Crippen molar-refractivity contribution in [2.75, 3.05) is 26.0 Å². The zero-order chi connectivity index (χ0) is 13.5. The minimum Gasteiger partial charge on any atom is -0.495 e. The summed E-state index contributed by atoms with van der Waals surface area (Å²) in [6.45, 7) is 1.81. The Kier molecular flexibility index (Phi) is 4.98. The van der Waals surface area contributed by atoms with Crippen molar-refractivity contribution in [1.29, 1.82) is 0 Å². The minimum atomic E-state index is -0.479. The van der Waals surface area contributed by atoms with Crippen molar-refractivity contribution in [3.8, 4) is 5.75 Å². The van der Waals surface area contributed by atoms with Gasteiger partial charge in [-0.2, -0.15) is 0 Å². The van der Waals surface area contributed by atoms with Gasteiger partial charge in [0.1, 0.15) is 12.3 Å². The number of ether oxygens (including phenoxy) is 2. The van der Waals surface area contributed by atoms with Crippen LogP contribution in [0.3, 0.4) is 0 Å². The number of carbonyl (C=O) groups is 2. The number of amides is 1. The number of carbonyl (C=O) groups excluding carboxylic acids is 2. The topological polar surface area (TPSA) is 90.6 Å². The lowest BCUT2D eigenvalue weighted by Gasteiger charge is -2.08. The van der Waals surface area contributed by atoms with Crippen LogP contribution >= 0.6 is 0 Å². The highest BCUT2D eigenvalue weighted by atomic mass is 16.5. The summed E-state index contributed by atoms with van der Waals surface area (Å²) in [5, 5.41) is 2.44. The number of methoxy groups -OCH3 is 1. The van der Waals surface area contributed by atoms with E-state index in [1.54, 1.807) is 19.1 Å². The number of nitrogens with one attached hydrogen (secondary N) is 1. The molecule has 1 aromatic carbocycles. The number of nitrogens with two attached hydrogens (primary N) is 1. The van der Waals surface area contributed by atoms with Crippen LogP contribution in [-0.4, -0.2) is 32.1 Å². The molecule has 18 heavy (non-hydrogen) atoms. The van der Waals surface area contributed by atoms with Crippen LogP contribution in [0.1, 0.15) is 17.3 Å². The first kappa shape index (κ1) is 13.8. The number of esters is 1. The molecule has 0 atom stereocenters. The van der Waals surface area contributed by atoms with E-state index in [0.717, 1.165) is 0 Å². The average molecular weight is 252 g/mol. The number of rotatable bonds is 5. The molecule has 0 saturated heterocycles. The lowest BCUT2D eigenvalue weighted by Crippen LogP contribution is -2.30. The van der Waals surface area contributed by atoms with Gasteiger partial charge in [0.2, 0.25) is 0 Å². The third kappa shape index (κ3) is 3.65. The molecule has 0 saturated carbocycles. The van der Waals surface area contributed by atoms with Gasteiger partial charge in [0.05, 0.1) is 19.4 Å². The molecule has 0 aliphatic carbocycles. The molecular weight excluding hydrogens is 236 g/mol. The molecule has 0 aromatic heterocycles. The van der Waals surface area contributed by atoms with E-state index < -0.39 is 11.9 Å². The van der Waals surface area contributed by atoms with Crippen molar-refractivity contribution in [2.45, 2.75) is 6.92 Å². The maximum absolute atomic E-state index is 11.7. The fourth-order valence-corrected chi connectivity index (χ4v) is 1.34. The molecule has 0 aliphatic heterocycles. The fourth-order valence-electron chi connectivity index (χ4n) is 1.34. The average Bonchev–Trinajstić information content (AvgIpc) is 2.36. The highest BCUT2D eigenvalue weighted by molar-refractivity contribution is 5.97. The summed E-state index contributed by atoms with van der Waals surface area (Å²) < 4.78 is 9.67. The molecule has 98 valence electrons. The van der Waals surface area contributed by atoms with Gasteiger partial charge in [-0.3, -0.25) is 9.59 Å². The molecule has 0 bridgehead atoms. The molecule has 6 nitrogen and oxygen atoms in total.